The van der Waals surface area contributed by atoms with Crippen molar-refractivity contribution in [2.24, 2.45) is 5.41 Å². The average molecular weight is 347 g/mol. The molecule has 0 bridgehead atoms. The van der Waals surface area contributed by atoms with Crippen LogP contribution in [-0.2, 0) is 13.2 Å². The molecule has 4 rings (SSSR count). The summed E-state index contributed by atoms with van der Waals surface area (Å²) in [6, 6.07) is 19.4. The van der Waals surface area contributed by atoms with E-state index in [1.807, 2.05) is 6.33 Å². The highest BCUT2D eigenvalue weighted by molar-refractivity contribution is 5.59. The topological polar surface area (TPSA) is 41.3 Å². The van der Waals surface area contributed by atoms with Gasteiger partial charge in [0, 0.05) is 24.2 Å². The average Bonchev–Trinajstić information content (AvgIpc) is 3.10. The lowest BCUT2D eigenvalue weighted by atomic mass is 9.75. The van der Waals surface area contributed by atoms with Gasteiger partial charge in [-0.15, -0.1) is 0 Å². The van der Waals surface area contributed by atoms with Crippen molar-refractivity contribution in [2.45, 2.75) is 33.0 Å². The summed E-state index contributed by atoms with van der Waals surface area (Å²) in [4.78, 5) is 6.75. The molecule has 134 valence electrons. The summed E-state index contributed by atoms with van der Waals surface area (Å²) < 4.78 is 2.14. The number of aromatic nitrogens is 2. The minimum atomic E-state index is -0.00620. The fraction of sp³-hybridized carbons (Fsp3) is 0.318. The van der Waals surface area contributed by atoms with Gasteiger partial charge in [0.1, 0.15) is 0 Å². The zero-order chi connectivity index (χ0) is 18.1. The quantitative estimate of drug-likeness (QED) is 0.775. The van der Waals surface area contributed by atoms with Crippen molar-refractivity contribution in [2.75, 3.05) is 11.4 Å². The van der Waals surface area contributed by atoms with Gasteiger partial charge in [-0.2, -0.15) is 0 Å². The molecule has 0 amide bonds. The SMILES string of the molecule is CC1(C)CN(Cc2ccccc2)c2ccccc2C1n1cncc1CO. The molecule has 4 heteroatoms. The van der Waals surface area contributed by atoms with Crippen molar-refractivity contribution >= 4 is 5.69 Å². The van der Waals surface area contributed by atoms with Crippen LogP contribution < -0.4 is 4.90 Å². The van der Waals surface area contributed by atoms with Crippen LogP contribution in [0.25, 0.3) is 0 Å². The summed E-state index contributed by atoms with van der Waals surface area (Å²) in [7, 11) is 0. The minimum Gasteiger partial charge on any atom is -0.390 e. The number of para-hydroxylation sites is 1. The first-order valence-electron chi connectivity index (χ1n) is 9.09. The number of aliphatic hydroxyl groups is 1. The zero-order valence-electron chi connectivity index (χ0n) is 15.3. The standard InChI is InChI=1S/C22H25N3O/c1-22(2)15-24(13-17-8-4-3-5-9-17)20-11-7-6-10-19(20)21(22)25-16-23-12-18(25)14-26/h3-12,16,21,26H,13-15H2,1-2H3. The molecule has 1 aromatic heterocycles. The molecule has 1 unspecified atom stereocenters. The van der Waals surface area contributed by atoms with Gasteiger partial charge in [0.15, 0.2) is 0 Å². The summed E-state index contributed by atoms with van der Waals surface area (Å²) in [6.45, 7) is 6.43. The van der Waals surface area contributed by atoms with Crippen molar-refractivity contribution in [3.8, 4) is 0 Å². The Morgan fingerprint density at radius 3 is 2.58 bits per heavy atom. The monoisotopic (exact) mass is 347 g/mol. The Morgan fingerprint density at radius 2 is 1.81 bits per heavy atom. The molecular formula is C22H25N3O. The maximum Gasteiger partial charge on any atom is 0.0954 e. The molecule has 0 fully saturated rings. The van der Waals surface area contributed by atoms with Gasteiger partial charge < -0.3 is 14.6 Å². The van der Waals surface area contributed by atoms with Gasteiger partial charge in [-0.05, 0) is 17.2 Å². The van der Waals surface area contributed by atoms with Crippen LogP contribution in [0.3, 0.4) is 0 Å². The molecule has 1 N–H and O–H groups in total. The number of fused-ring (bicyclic) bond motifs is 1. The predicted octanol–water partition coefficient (Wildman–Crippen LogP) is 4.01. The zero-order valence-corrected chi connectivity index (χ0v) is 15.3. The van der Waals surface area contributed by atoms with Gasteiger partial charge in [0.2, 0.25) is 0 Å². The molecule has 3 aromatic rings. The van der Waals surface area contributed by atoms with Gasteiger partial charge in [0.05, 0.1) is 30.9 Å². The van der Waals surface area contributed by atoms with Crippen molar-refractivity contribution < 1.29 is 5.11 Å². The number of imidazole rings is 1. The van der Waals surface area contributed by atoms with Gasteiger partial charge in [0.25, 0.3) is 0 Å². The Kier molecular flexibility index (Phi) is 4.29. The Hall–Kier alpha value is -2.59. The third-order valence-corrected chi connectivity index (χ3v) is 5.31. The molecular weight excluding hydrogens is 322 g/mol. The summed E-state index contributed by atoms with van der Waals surface area (Å²) in [5, 5.41) is 9.73. The number of anilines is 1. The molecule has 0 aliphatic carbocycles. The lowest BCUT2D eigenvalue weighted by Gasteiger charge is -2.47. The molecule has 0 saturated heterocycles. The van der Waals surface area contributed by atoms with Crippen molar-refractivity contribution in [1.82, 2.24) is 9.55 Å². The van der Waals surface area contributed by atoms with E-state index in [1.54, 1.807) is 6.20 Å². The van der Waals surface area contributed by atoms with E-state index in [-0.39, 0.29) is 18.1 Å². The first-order chi connectivity index (χ1) is 12.6. The maximum atomic E-state index is 9.73. The van der Waals surface area contributed by atoms with Crippen molar-refractivity contribution in [1.29, 1.82) is 0 Å². The number of benzene rings is 2. The third-order valence-electron chi connectivity index (χ3n) is 5.31. The van der Waals surface area contributed by atoms with Crippen LogP contribution in [0.2, 0.25) is 0 Å². The maximum absolute atomic E-state index is 9.73. The van der Waals surface area contributed by atoms with Crippen molar-refractivity contribution in [3.05, 3.63) is 83.9 Å². The Labute approximate surface area is 154 Å². The Morgan fingerprint density at radius 1 is 1.08 bits per heavy atom. The van der Waals surface area contributed by atoms with Crippen LogP contribution in [0.4, 0.5) is 5.69 Å². The van der Waals surface area contributed by atoms with E-state index in [0.717, 1.165) is 18.8 Å². The van der Waals surface area contributed by atoms with E-state index in [4.69, 9.17) is 0 Å². The molecule has 1 aliphatic rings. The first-order valence-corrected chi connectivity index (χ1v) is 9.09. The molecule has 0 spiro atoms. The fourth-order valence-corrected chi connectivity index (χ4v) is 4.25. The van der Waals surface area contributed by atoms with Crippen molar-refractivity contribution in [3.63, 3.8) is 0 Å². The van der Waals surface area contributed by atoms with E-state index < -0.39 is 0 Å². The second-order valence-electron chi connectivity index (χ2n) is 7.74. The molecule has 1 atom stereocenters. The number of aliphatic hydroxyl groups excluding tert-OH is 1. The summed E-state index contributed by atoms with van der Waals surface area (Å²) in [6.07, 6.45) is 3.61. The molecule has 0 radical (unpaired) electrons. The van der Waals surface area contributed by atoms with Gasteiger partial charge in [-0.1, -0.05) is 62.4 Å². The summed E-state index contributed by atoms with van der Waals surface area (Å²) in [5.41, 5.74) is 4.71. The van der Waals surface area contributed by atoms with Crippen LogP contribution in [0, 0.1) is 5.41 Å². The fourth-order valence-electron chi connectivity index (χ4n) is 4.25. The normalized spacial score (nSPS) is 18.6. The van der Waals surface area contributed by atoms with E-state index in [2.05, 4.69) is 82.9 Å². The van der Waals surface area contributed by atoms with Gasteiger partial charge in [-0.25, -0.2) is 4.98 Å². The lowest BCUT2D eigenvalue weighted by Crippen LogP contribution is -2.45. The van der Waals surface area contributed by atoms with E-state index in [9.17, 15) is 5.11 Å². The smallest absolute Gasteiger partial charge is 0.0954 e. The molecule has 4 nitrogen and oxygen atoms in total. The summed E-state index contributed by atoms with van der Waals surface area (Å²) in [5.74, 6) is 0. The van der Waals surface area contributed by atoms with Gasteiger partial charge >= 0.3 is 0 Å². The lowest BCUT2D eigenvalue weighted by molar-refractivity contribution is 0.218. The highest BCUT2D eigenvalue weighted by Gasteiger charge is 2.40. The second-order valence-corrected chi connectivity index (χ2v) is 7.74. The largest absolute Gasteiger partial charge is 0.390 e. The Bertz CT molecular complexity index is 885. The van der Waals surface area contributed by atoms with Crippen LogP contribution in [0.5, 0.6) is 0 Å². The van der Waals surface area contributed by atoms with E-state index in [0.29, 0.717) is 0 Å². The first kappa shape index (κ1) is 16.9. The Balaban J connectivity index is 1.79. The van der Waals surface area contributed by atoms with Crippen LogP contribution in [-0.4, -0.2) is 21.2 Å². The third kappa shape index (κ3) is 2.90. The highest BCUT2D eigenvalue weighted by Crippen LogP contribution is 2.47. The van der Waals surface area contributed by atoms with Crippen LogP contribution >= 0.6 is 0 Å². The second kappa shape index (κ2) is 6.61. The highest BCUT2D eigenvalue weighted by atomic mass is 16.3. The summed E-state index contributed by atoms with van der Waals surface area (Å²) >= 11 is 0. The number of rotatable bonds is 4. The number of hydrogen-bond acceptors (Lipinski definition) is 3. The molecule has 2 aromatic carbocycles. The van der Waals surface area contributed by atoms with Gasteiger partial charge in [-0.3, -0.25) is 0 Å². The van der Waals surface area contributed by atoms with Crippen LogP contribution in [0.15, 0.2) is 67.1 Å². The predicted molar refractivity (Wildman–Crippen MR) is 104 cm³/mol. The number of nitrogens with zero attached hydrogens (tertiary/aromatic N) is 3. The van der Waals surface area contributed by atoms with Crippen LogP contribution in [0.1, 0.15) is 36.7 Å². The minimum absolute atomic E-state index is 0.00246. The molecule has 0 saturated carbocycles. The molecule has 26 heavy (non-hydrogen) atoms. The molecule has 1 aliphatic heterocycles. The number of hydrogen-bond donors (Lipinski definition) is 1. The van der Waals surface area contributed by atoms with E-state index in [1.165, 1.54) is 16.8 Å². The van der Waals surface area contributed by atoms with E-state index >= 15 is 0 Å². The molecule has 2 heterocycles.